The molecule has 1 aromatic carbocycles. The van der Waals surface area contributed by atoms with E-state index in [0.29, 0.717) is 30.3 Å². The van der Waals surface area contributed by atoms with Crippen LogP contribution in [0.2, 0.25) is 5.15 Å². The number of nitrogens with zero attached hydrogens (tertiary/aromatic N) is 3. The summed E-state index contributed by atoms with van der Waals surface area (Å²) in [5.41, 5.74) is -3.65. The van der Waals surface area contributed by atoms with Gasteiger partial charge in [-0.1, -0.05) is 11.6 Å². The second kappa shape index (κ2) is 8.56. The highest BCUT2D eigenvalue weighted by molar-refractivity contribution is 8.00. The topological polar surface area (TPSA) is 53.5 Å². The smallest absolute Gasteiger partial charge is 0.346 e. The van der Waals surface area contributed by atoms with Gasteiger partial charge in [0.15, 0.2) is 6.29 Å². The summed E-state index contributed by atoms with van der Waals surface area (Å²) in [6.45, 7) is 4.48. The largest absolute Gasteiger partial charge is 0.446 e. The van der Waals surface area contributed by atoms with Crippen molar-refractivity contribution in [2.24, 2.45) is 0 Å². The Hall–Kier alpha value is -2.10. The van der Waals surface area contributed by atoms with E-state index in [1.54, 1.807) is 17.2 Å². The van der Waals surface area contributed by atoms with E-state index in [2.05, 4.69) is 4.98 Å². The minimum Gasteiger partial charge on any atom is -0.346 e. The number of halogens is 4. The summed E-state index contributed by atoms with van der Waals surface area (Å²) in [6, 6.07) is 8.52. The number of aldehydes is 1. The van der Waals surface area contributed by atoms with Gasteiger partial charge in [-0.2, -0.15) is 13.2 Å². The number of rotatable bonds is 6. The number of ketones is 1. The van der Waals surface area contributed by atoms with Crippen molar-refractivity contribution in [2.45, 2.75) is 42.4 Å². The zero-order valence-electron chi connectivity index (χ0n) is 16.2. The number of carbonyl (C=O) groups excluding carboxylic acids is 2. The second-order valence-corrected chi connectivity index (χ2v) is 8.94. The first kappa shape index (κ1) is 22.6. The van der Waals surface area contributed by atoms with E-state index < -0.39 is 22.9 Å². The SMILES string of the molecule is CC1(C)C(C(=O)C=O)N(c2ccc(SC(F)(F)F)cc2)CN1Cc1ccnc(Cl)c1. The van der Waals surface area contributed by atoms with Crippen molar-refractivity contribution >= 4 is 41.1 Å². The maximum Gasteiger partial charge on any atom is 0.446 e. The van der Waals surface area contributed by atoms with Crippen LogP contribution in [0.1, 0.15) is 19.4 Å². The molecule has 5 nitrogen and oxygen atoms in total. The normalized spacial score (nSPS) is 19.1. The van der Waals surface area contributed by atoms with Crippen molar-refractivity contribution in [2.75, 3.05) is 11.6 Å². The van der Waals surface area contributed by atoms with Gasteiger partial charge in [0.1, 0.15) is 11.2 Å². The summed E-state index contributed by atoms with van der Waals surface area (Å²) in [4.78, 5) is 31.6. The van der Waals surface area contributed by atoms with Crippen LogP contribution in [0.3, 0.4) is 0 Å². The lowest BCUT2D eigenvalue weighted by atomic mass is 9.90. The van der Waals surface area contributed by atoms with Gasteiger partial charge >= 0.3 is 5.51 Å². The van der Waals surface area contributed by atoms with Crippen LogP contribution >= 0.6 is 23.4 Å². The molecule has 1 saturated heterocycles. The lowest BCUT2D eigenvalue weighted by molar-refractivity contribution is -0.131. The highest BCUT2D eigenvalue weighted by Gasteiger charge is 2.50. The Morgan fingerprint density at radius 1 is 1.30 bits per heavy atom. The first-order chi connectivity index (χ1) is 14.0. The predicted octanol–water partition coefficient (Wildman–Crippen LogP) is 4.54. The average Bonchev–Trinajstić information content (AvgIpc) is 2.91. The molecular formula is C20H19ClF3N3O2S. The Morgan fingerprint density at radius 2 is 1.97 bits per heavy atom. The molecule has 0 amide bonds. The third kappa shape index (κ3) is 4.96. The van der Waals surface area contributed by atoms with E-state index in [0.717, 1.165) is 5.56 Å². The number of hydrogen-bond donors (Lipinski definition) is 0. The number of benzene rings is 1. The van der Waals surface area contributed by atoms with Crippen LogP contribution in [0.25, 0.3) is 0 Å². The number of carbonyl (C=O) groups is 2. The highest BCUT2D eigenvalue weighted by Crippen LogP contribution is 2.40. The number of alkyl halides is 3. The molecular weight excluding hydrogens is 439 g/mol. The van der Waals surface area contributed by atoms with Crippen LogP contribution in [0.4, 0.5) is 18.9 Å². The van der Waals surface area contributed by atoms with E-state index in [1.807, 2.05) is 24.8 Å². The molecule has 0 aliphatic carbocycles. The van der Waals surface area contributed by atoms with Gasteiger partial charge in [-0.25, -0.2) is 4.98 Å². The Kier molecular flexibility index (Phi) is 6.45. The van der Waals surface area contributed by atoms with Crippen molar-refractivity contribution in [3.63, 3.8) is 0 Å². The summed E-state index contributed by atoms with van der Waals surface area (Å²) in [5.74, 6) is -0.594. The molecule has 1 atom stereocenters. The molecule has 30 heavy (non-hydrogen) atoms. The lowest BCUT2D eigenvalue weighted by Gasteiger charge is -2.34. The number of pyridine rings is 1. The Labute approximate surface area is 181 Å². The van der Waals surface area contributed by atoms with Crippen LogP contribution in [0, 0.1) is 0 Å². The standard InChI is InChI=1S/C20H19ClF3N3O2S/c1-19(2)18(16(29)11-28)27(12-26(19)10-13-7-8-25-17(21)9-13)14-3-5-15(6-4-14)30-20(22,23)24/h3-9,11,18H,10,12H2,1-2H3. The molecule has 10 heteroatoms. The van der Waals surface area contributed by atoms with Crippen LogP contribution in [0.15, 0.2) is 47.5 Å². The van der Waals surface area contributed by atoms with E-state index in [-0.39, 0.29) is 16.7 Å². The first-order valence-electron chi connectivity index (χ1n) is 8.98. The van der Waals surface area contributed by atoms with Crippen LogP contribution in [0.5, 0.6) is 0 Å². The van der Waals surface area contributed by atoms with Crippen molar-refractivity contribution < 1.29 is 22.8 Å². The summed E-state index contributed by atoms with van der Waals surface area (Å²) in [6.07, 6.45) is 1.88. The number of Topliss-reactive ketones (excluding diaryl/α,β-unsaturated/α-hetero) is 1. The fraction of sp³-hybridized carbons (Fsp3) is 0.350. The van der Waals surface area contributed by atoms with E-state index in [4.69, 9.17) is 11.6 Å². The summed E-state index contributed by atoms with van der Waals surface area (Å²) in [5, 5.41) is 0.347. The monoisotopic (exact) mass is 457 g/mol. The minimum absolute atomic E-state index is 0.0475. The van der Waals surface area contributed by atoms with Gasteiger partial charge in [-0.15, -0.1) is 0 Å². The summed E-state index contributed by atoms with van der Waals surface area (Å²) >= 11 is 5.76. The predicted molar refractivity (Wildman–Crippen MR) is 109 cm³/mol. The number of aromatic nitrogens is 1. The van der Waals surface area contributed by atoms with Gasteiger partial charge in [-0.05, 0) is 67.6 Å². The second-order valence-electron chi connectivity index (χ2n) is 7.41. The average molecular weight is 458 g/mol. The van der Waals surface area contributed by atoms with Gasteiger partial charge in [0.25, 0.3) is 0 Å². The molecule has 0 bridgehead atoms. The molecule has 0 radical (unpaired) electrons. The Morgan fingerprint density at radius 3 is 2.53 bits per heavy atom. The fourth-order valence-electron chi connectivity index (χ4n) is 3.65. The van der Waals surface area contributed by atoms with E-state index >= 15 is 0 Å². The molecule has 0 N–H and O–H groups in total. The van der Waals surface area contributed by atoms with Gasteiger partial charge in [0, 0.05) is 28.9 Å². The number of thioether (sulfide) groups is 1. The molecule has 2 heterocycles. The zero-order valence-corrected chi connectivity index (χ0v) is 17.8. The summed E-state index contributed by atoms with van der Waals surface area (Å²) in [7, 11) is 0. The molecule has 1 aromatic heterocycles. The first-order valence-corrected chi connectivity index (χ1v) is 10.2. The van der Waals surface area contributed by atoms with Gasteiger partial charge in [-0.3, -0.25) is 14.5 Å². The third-order valence-electron chi connectivity index (χ3n) is 5.07. The van der Waals surface area contributed by atoms with Crippen LogP contribution < -0.4 is 4.90 Å². The third-order valence-corrected chi connectivity index (χ3v) is 6.02. The van der Waals surface area contributed by atoms with Crippen molar-refractivity contribution in [3.05, 3.63) is 53.3 Å². The van der Waals surface area contributed by atoms with Crippen molar-refractivity contribution in [1.82, 2.24) is 9.88 Å². The number of anilines is 1. The molecule has 3 rings (SSSR count). The lowest BCUT2D eigenvalue weighted by Crippen LogP contribution is -2.51. The molecule has 1 aliphatic heterocycles. The fourth-order valence-corrected chi connectivity index (χ4v) is 4.39. The van der Waals surface area contributed by atoms with Crippen molar-refractivity contribution in [3.8, 4) is 0 Å². The minimum atomic E-state index is -4.38. The maximum absolute atomic E-state index is 12.6. The highest BCUT2D eigenvalue weighted by atomic mass is 35.5. The molecule has 2 aromatic rings. The van der Waals surface area contributed by atoms with E-state index in [9.17, 15) is 22.8 Å². The Bertz CT molecular complexity index is 938. The molecule has 1 aliphatic rings. The van der Waals surface area contributed by atoms with Crippen molar-refractivity contribution in [1.29, 1.82) is 0 Å². The Balaban J connectivity index is 1.90. The van der Waals surface area contributed by atoms with Crippen LogP contribution in [-0.2, 0) is 16.1 Å². The quantitative estimate of drug-likeness (QED) is 0.275. The van der Waals surface area contributed by atoms with E-state index in [1.165, 1.54) is 24.3 Å². The zero-order chi connectivity index (χ0) is 22.1. The number of hydrogen-bond acceptors (Lipinski definition) is 6. The summed E-state index contributed by atoms with van der Waals surface area (Å²) < 4.78 is 37.8. The van der Waals surface area contributed by atoms with Gasteiger partial charge in [0.2, 0.25) is 5.78 Å². The van der Waals surface area contributed by atoms with Gasteiger partial charge in [0.05, 0.1) is 6.67 Å². The molecule has 0 saturated carbocycles. The molecule has 1 unspecified atom stereocenters. The van der Waals surface area contributed by atoms with Crippen LogP contribution in [-0.4, -0.2) is 45.7 Å². The maximum atomic E-state index is 12.6. The van der Waals surface area contributed by atoms with Gasteiger partial charge < -0.3 is 4.90 Å². The molecule has 0 spiro atoms. The molecule has 1 fully saturated rings. The molecule has 160 valence electrons.